The molecule has 0 aromatic carbocycles. The van der Waals surface area contributed by atoms with Gasteiger partial charge in [0.05, 0.1) is 11.4 Å². The van der Waals surface area contributed by atoms with Gasteiger partial charge in [-0.05, 0) is 39.7 Å². The third kappa shape index (κ3) is 8.59. The van der Waals surface area contributed by atoms with E-state index in [0.717, 1.165) is 36.9 Å². The molecule has 0 saturated carbocycles. The number of hydrogen-bond donors (Lipinski definition) is 2. The fourth-order valence-electron chi connectivity index (χ4n) is 2.20. The lowest BCUT2D eigenvalue weighted by Gasteiger charge is -2.11. The Morgan fingerprint density at radius 1 is 1.30 bits per heavy atom. The van der Waals surface area contributed by atoms with E-state index in [2.05, 4.69) is 33.7 Å². The SMILES string of the molecule is CCNC(=NCCCn1nc(C)cc1C)NCCCS(C)(=O)=O. The maximum absolute atomic E-state index is 11.1. The van der Waals surface area contributed by atoms with Gasteiger partial charge < -0.3 is 10.6 Å². The summed E-state index contributed by atoms with van der Waals surface area (Å²) in [5.41, 5.74) is 2.20. The molecular formula is C15H29N5O2S. The first-order valence-electron chi connectivity index (χ1n) is 8.03. The highest BCUT2D eigenvalue weighted by Crippen LogP contribution is 2.02. The van der Waals surface area contributed by atoms with E-state index >= 15 is 0 Å². The molecule has 0 aliphatic heterocycles. The lowest BCUT2D eigenvalue weighted by molar-refractivity contribution is 0.567. The van der Waals surface area contributed by atoms with Crippen LogP contribution < -0.4 is 10.6 Å². The normalized spacial score (nSPS) is 12.4. The van der Waals surface area contributed by atoms with Crippen LogP contribution in [0.5, 0.6) is 0 Å². The number of nitrogens with zero attached hydrogens (tertiary/aromatic N) is 3. The number of hydrogen-bond acceptors (Lipinski definition) is 4. The smallest absolute Gasteiger partial charge is 0.191 e. The Hall–Kier alpha value is -1.57. The second-order valence-corrected chi connectivity index (χ2v) is 7.93. The van der Waals surface area contributed by atoms with Crippen LogP contribution in [-0.2, 0) is 16.4 Å². The maximum atomic E-state index is 11.1. The number of nitrogens with one attached hydrogen (secondary N) is 2. The lowest BCUT2D eigenvalue weighted by atomic mass is 10.4. The summed E-state index contributed by atoms with van der Waals surface area (Å²) >= 11 is 0. The molecule has 0 unspecified atom stereocenters. The molecule has 7 nitrogen and oxygen atoms in total. The molecular weight excluding hydrogens is 314 g/mol. The predicted octanol–water partition coefficient (Wildman–Crippen LogP) is 0.880. The zero-order valence-electron chi connectivity index (χ0n) is 14.6. The fourth-order valence-corrected chi connectivity index (χ4v) is 2.86. The van der Waals surface area contributed by atoms with Crippen molar-refractivity contribution < 1.29 is 8.42 Å². The van der Waals surface area contributed by atoms with Crippen LogP contribution >= 0.6 is 0 Å². The van der Waals surface area contributed by atoms with Crippen molar-refractivity contribution >= 4 is 15.8 Å². The van der Waals surface area contributed by atoms with Gasteiger partial charge in [0.1, 0.15) is 9.84 Å². The number of aryl methyl sites for hydroxylation is 3. The van der Waals surface area contributed by atoms with Crippen molar-refractivity contribution in [2.24, 2.45) is 4.99 Å². The number of aliphatic imine (C=N–C) groups is 1. The molecule has 0 spiro atoms. The molecule has 0 amide bonds. The Morgan fingerprint density at radius 2 is 2.04 bits per heavy atom. The van der Waals surface area contributed by atoms with Crippen LogP contribution in [0.3, 0.4) is 0 Å². The Balaban J connectivity index is 2.35. The average molecular weight is 343 g/mol. The standard InChI is InChI=1S/C15H29N5O2S/c1-5-16-15(18-9-7-11-23(4,21)22)17-8-6-10-20-14(3)12-13(2)19-20/h12H,5-11H2,1-4H3,(H2,16,17,18). The van der Waals surface area contributed by atoms with Gasteiger partial charge >= 0.3 is 0 Å². The van der Waals surface area contributed by atoms with Crippen molar-refractivity contribution in [2.75, 3.05) is 31.6 Å². The van der Waals surface area contributed by atoms with E-state index < -0.39 is 9.84 Å². The summed E-state index contributed by atoms with van der Waals surface area (Å²) in [5, 5.41) is 10.7. The fraction of sp³-hybridized carbons (Fsp3) is 0.733. The van der Waals surface area contributed by atoms with Crippen LogP contribution in [0.15, 0.2) is 11.1 Å². The zero-order valence-corrected chi connectivity index (χ0v) is 15.4. The van der Waals surface area contributed by atoms with Crippen LogP contribution in [-0.4, -0.2) is 55.8 Å². The highest BCUT2D eigenvalue weighted by atomic mass is 32.2. The number of guanidine groups is 1. The van der Waals surface area contributed by atoms with Gasteiger partial charge in [-0.25, -0.2) is 8.42 Å². The van der Waals surface area contributed by atoms with Gasteiger partial charge in [0.2, 0.25) is 0 Å². The molecule has 0 aliphatic rings. The van der Waals surface area contributed by atoms with Crippen molar-refractivity contribution in [2.45, 2.75) is 40.2 Å². The molecule has 0 radical (unpaired) electrons. The lowest BCUT2D eigenvalue weighted by Crippen LogP contribution is -2.38. The van der Waals surface area contributed by atoms with E-state index in [0.29, 0.717) is 19.5 Å². The van der Waals surface area contributed by atoms with E-state index in [1.54, 1.807) is 0 Å². The number of sulfone groups is 1. The Morgan fingerprint density at radius 3 is 2.61 bits per heavy atom. The largest absolute Gasteiger partial charge is 0.357 e. The Labute approximate surface area is 139 Å². The predicted molar refractivity (Wildman–Crippen MR) is 94.6 cm³/mol. The molecule has 2 N–H and O–H groups in total. The molecule has 132 valence electrons. The summed E-state index contributed by atoms with van der Waals surface area (Å²) < 4.78 is 24.2. The summed E-state index contributed by atoms with van der Waals surface area (Å²) in [6.45, 7) is 8.95. The van der Waals surface area contributed by atoms with E-state index in [1.807, 2.05) is 18.5 Å². The molecule has 1 aromatic heterocycles. The average Bonchev–Trinajstić information content (AvgIpc) is 2.76. The summed E-state index contributed by atoms with van der Waals surface area (Å²) in [6, 6.07) is 2.07. The van der Waals surface area contributed by atoms with Gasteiger partial charge in [-0.1, -0.05) is 0 Å². The van der Waals surface area contributed by atoms with Crippen LogP contribution in [0.4, 0.5) is 0 Å². The third-order valence-corrected chi connectivity index (χ3v) is 4.26. The second-order valence-electron chi connectivity index (χ2n) is 5.67. The highest BCUT2D eigenvalue weighted by molar-refractivity contribution is 7.90. The van der Waals surface area contributed by atoms with Gasteiger partial charge in [0.25, 0.3) is 0 Å². The molecule has 1 rings (SSSR count). The minimum Gasteiger partial charge on any atom is -0.357 e. The van der Waals surface area contributed by atoms with Gasteiger partial charge in [0, 0.05) is 38.1 Å². The van der Waals surface area contributed by atoms with E-state index in [4.69, 9.17) is 0 Å². The quantitative estimate of drug-likeness (QED) is 0.395. The van der Waals surface area contributed by atoms with Gasteiger partial charge in [-0.2, -0.15) is 5.10 Å². The van der Waals surface area contributed by atoms with Gasteiger partial charge in [-0.15, -0.1) is 0 Å². The van der Waals surface area contributed by atoms with Crippen molar-refractivity contribution in [3.63, 3.8) is 0 Å². The first-order chi connectivity index (χ1) is 10.8. The highest BCUT2D eigenvalue weighted by Gasteiger charge is 2.03. The monoisotopic (exact) mass is 343 g/mol. The maximum Gasteiger partial charge on any atom is 0.191 e. The van der Waals surface area contributed by atoms with Crippen LogP contribution in [0.1, 0.15) is 31.2 Å². The van der Waals surface area contributed by atoms with Gasteiger partial charge in [-0.3, -0.25) is 9.67 Å². The topological polar surface area (TPSA) is 88.4 Å². The van der Waals surface area contributed by atoms with E-state index in [9.17, 15) is 8.42 Å². The van der Waals surface area contributed by atoms with Gasteiger partial charge in [0.15, 0.2) is 5.96 Å². The molecule has 0 saturated heterocycles. The van der Waals surface area contributed by atoms with Crippen molar-refractivity contribution in [3.8, 4) is 0 Å². The van der Waals surface area contributed by atoms with Crippen LogP contribution in [0, 0.1) is 13.8 Å². The summed E-state index contributed by atoms with van der Waals surface area (Å²) in [6.07, 6.45) is 2.74. The molecule has 0 atom stereocenters. The second kappa shape index (κ2) is 9.54. The number of aromatic nitrogens is 2. The Kier molecular flexibility index (Phi) is 8.08. The first kappa shape index (κ1) is 19.5. The van der Waals surface area contributed by atoms with Crippen molar-refractivity contribution in [1.82, 2.24) is 20.4 Å². The van der Waals surface area contributed by atoms with Crippen LogP contribution in [0.25, 0.3) is 0 Å². The van der Waals surface area contributed by atoms with Crippen molar-refractivity contribution in [3.05, 3.63) is 17.5 Å². The van der Waals surface area contributed by atoms with Crippen LogP contribution in [0.2, 0.25) is 0 Å². The zero-order chi connectivity index (χ0) is 17.3. The minimum atomic E-state index is -2.90. The molecule has 8 heteroatoms. The number of rotatable bonds is 9. The Bertz CT molecular complexity index is 607. The summed E-state index contributed by atoms with van der Waals surface area (Å²) in [4.78, 5) is 4.50. The molecule has 1 aromatic rings. The first-order valence-corrected chi connectivity index (χ1v) is 10.1. The minimum absolute atomic E-state index is 0.192. The van der Waals surface area contributed by atoms with E-state index in [1.165, 1.54) is 6.26 Å². The van der Waals surface area contributed by atoms with E-state index in [-0.39, 0.29) is 5.75 Å². The summed E-state index contributed by atoms with van der Waals surface area (Å²) in [5.74, 6) is 0.923. The molecule has 23 heavy (non-hydrogen) atoms. The molecule has 0 aliphatic carbocycles. The van der Waals surface area contributed by atoms with Crippen molar-refractivity contribution in [1.29, 1.82) is 0 Å². The third-order valence-electron chi connectivity index (χ3n) is 3.23. The molecule has 1 heterocycles. The molecule has 0 bridgehead atoms. The molecule has 0 fully saturated rings. The summed E-state index contributed by atoms with van der Waals surface area (Å²) in [7, 11) is -2.90.